The summed E-state index contributed by atoms with van der Waals surface area (Å²) in [4.78, 5) is 24.8. The number of benzene rings is 2. The Labute approximate surface area is 141 Å². The first-order chi connectivity index (χ1) is 11.7. The van der Waals surface area contributed by atoms with E-state index >= 15 is 0 Å². The summed E-state index contributed by atoms with van der Waals surface area (Å²) < 4.78 is 5.82. The first-order valence-electron chi connectivity index (χ1n) is 8.01. The van der Waals surface area contributed by atoms with E-state index in [0.717, 1.165) is 5.56 Å². The van der Waals surface area contributed by atoms with Crippen LogP contribution in [0.15, 0.2) is 78.1 Å². The van der Waals surface area contributed by atoms with Gasteiger partial charge in [-0.15, -0.1) is 0 Å². The van der Waals surface area contributed by atoms with E-state index < -0.39 is 0 Å². The summed E-state index contributed by atoms with van der Waals surface area (Å²) in [5, 5.41) is 0. The molecule has 0 aromatic heterocycles. The number of carbonyl (C=O) groups is 2. The number of rotatable bonds is 5. The number of hydrogen-bond donors (Lipinski definition) is 0. The third-order valence-electron chi connectivity index (χ3n) is 3.82. The monoisotopic (exact) mass is 318 g/mol. The second-order valence-electron chi connectivity index (χ2n) is 5.60. The van der Waals surface area contributed by atoms with Crippen LogP contribution in [-0.4, -0.2) is 11.6 Å². The Bertz CT molecular complexity index is 786. The fourth-order valence-corrected chi connectivity index (χ4v) is 2.64. The van der Waals surface area contributed by atoms with Gasteiger partial charge in [-0.05, 0) is 30.2 Å². The maximum Gasteiger partial charge on any atom is 0.192 e. The highest BCUT2D eigenvalue weighted by Crippen LogP contribution is 2.26. The van der Waals surface area contributed by atoms with Crippen molar-refractivity contribution in [2.75, 3.05) is 0 Å². The summed E-state index contributed by atoms with van der Waals surface area (Å²) in [7, 11) is 0. The van der Waals surface area contributed by atoms with Crippen LogP contribution in [0.4, 0.5) is 0 Å². The van der Waals surface area contributed by atoms with Crippen molar-refractivity contribution in [3.05, 3.63) is 83.6 Å². The predicted molar refractivity (Wildman–Crippen MR) is 93.4 cm³/mol. The van der Waals surface area contributed by atoms with Crippen molar-refractivity contribution in [3.8, 4) is 5.75 Å². The summed E-state index contributed by atoms with van der Waals surface area (Å²) in [5.74, 6) is 0.670. The highest BCUT2D eigenvalue weighted by Gasteiger charge is 2.26. The molecule has 0 aliphatic heterocycles. The van der Waals surface area contributed by atoms with Crippen LogP contribution >= 0.6 is 0 Å². The van der Waals surface area contributed by atoms with Crippen molar-refractivity contribution in [2.45, 2.75) is 19.3 Å². The molecule has 0 radical (unpaired) electrons. The van der Waals surface area contributed by atoms with Crippen molar-refractivity contribution < 1.29 is 14.3 Å². The number of ketones is 2. The molecule has 1 aliphatic rings. The van der Waals surface area contributed by atoms with Crippen LogP contribution in [0.5, 0.6) is 5.75 Å². The van der Waals surface area contributed by atoms with E-state index in [-0.39, 0.29) is 17.1 Å². The first-order valence-corrected chi connectivity index (χ1v) is 8.01. The Hall–Kier alpha value is -2.94. The zero-order valence-electron chi connectivity index (χ0n) is 13.3. The second kappa shape index (κ2) is 7.55. The number of ether oxygens (including phenoxy) is 1. The Morgan fingerprint density at radius 1 is 0.917 bits per heavy atom. The van der Waals surface area contributed by atoms with Gasteiger partial charge in [0.1, 0.15) is 17.1 Å². The molecule has 0 saturated carbocycles. The molecule has 0 N–H and O–H groups in total. The van der Waals surface area contributed by atoms with Crippen molar-refractivity contribution in [2.24, 2.45) is 0 Å². The van der Waals surface area contributed by atoms with E-state index in [1.54, 1.807) is 6.08 Å². The quantitative estimate of drug-likeness (QED) is 0.608. The Kier molecular flexibility index (Phi) is 5.02. The third-order valence-corrected chi connectivity index (χ3v) is 3.82. The van der Waals surface area contributed by atoms with Crippen molar-refractivity contribution >= 4 is 17.6 Å². The average molecular weight is 318 g/mol. The van der Waals surface area contributed by atoms with E-state index in [9.17, 15) is 9.59 Å². The van der Waals surface area contributed by atoms with Gasteiger partial charge in [-0.2, -0.15) is 0 Å². The zero-order chi connectivity index (χ0) is 16.8. The summed E-state index contributed by atoms with van der Waals surface area (Å²) in [6.07, 6.45) is 4.86. The van der Waals surface area contributed by atoms with Gasteiger partial charge in [0.2, 0.25) is 0 Å². The lowest BCUT2D eigenvalue weighted by Crippen LogP contribution is -2.20. The molecule has 120 valence electrons. The van der Waals surface area contributed by atoms with Gasteiger partial charge in [-0.1, -0.05) is 54.6 Å². The van der Waals surface area contributed by atoms with Gasteiger partial charge in [0, 0.05) is 12.8 Å². The van der Waals surface area contributed by atoms with Crippen LogP contribution in [0.3, 0.4) is 0 Å². The van der Waals surface area contributed by atoms with E-state index in [1.807, 2.05) is 60.7 Å². The summed E-state index contributed by atoms with van der Waals surface area (Å²) in [6, 6.07) is 18.8. The van der Waals surface area contributed by atoms with Crippen molar-refractivity contribution in [3.63, 3.8) is 0 Å². The Morgan fingerprint density at radius 3 is 2.29 bits per heavy atom. The van der Waals surface area contributed by atoms with Crippen LogP contribution < -0.4 is 4.74 Å². The molecule has 2 aromatic rings. The number of para-hydroxylation sites is 1. The molecule has 0 amide bonds. The zero-order valence-corrected chi connectivity index (χ0v) is 13.3. The lowest BCUT2D eigenvalue weighted by atomic mass is 9.93. The Morgan fingerprint density at radius 2 is 1.58 bits per heavy atom. The molecule has 0 bridgehead atoms. The van der Waals surface area contributed by atoms with Crippen LogP contribution in [0.25, 0.3) is 6.08 Å². The van der Waals surface area contributed by atoms with Gasteiger partial charge in [-0.25, -0.2) is 0 Å². The molecule has 1 aliphatic carbocycles. The maximum absolute atomic E-state index is 12.5. The molecule has 0 saturated heterocycles. The van der Waals surface area contributed by atoms with Gasteiger partial charge >= 0.3 is 0 Å². The molecule has 3 nitrogen and oxygen atoms in total. The van der Waals surface area contributed by atoms with Crippen LogP contribution in [-0.2, 0) is 9.59 Å². The lowest BCUT2D eigenvalue weighted by molar-refractivity contribution is -0.120. The van der Waals surface area contributed by atoms with Gasteiger partial charge in [0.05, 0.1) is 0 Å². The largest absolute Gasteiger partial charge is 0.461 e. The van der Waals surface area contributed by atoms with Gasteiger partial charge < -0.3 is 4.74 Å². The van der Waals surface area contributed by atoms with Crippen LogP contribution in [0, 0.1) is 0 Å². The molecule has 0 unspecified atom stereocenters. The number of carbonyl (C=O) groups excluding carboxylic acids is 2. The molecule has 0 atom stereocenters. The summed E-state index contributed by atoms with van der Waals surface area (Å²) in [5.41, 5.74) is 1.09. The summed E-state index contributed by atoms with van der Waals surface area (Å²) >= 11 is 0. The minimum atomic E-state index is -0.297. The molecule has 3 heteroatoms. The van der Waals surface area contributed by atoms with E-state index in [0.29, 0.717) is 30.8 Å². The fraction of sp³-hybridized carbons (Fsp3) is 0.143. The molecular formula is C21H18O3. The molecule has 0 fully saturated rings. The van der Waals surface area contributed by atoms with E-state index in [1.165, 1.54) is 6.08 Å². The molecule has 0 spiro atoms. The van der Waals surface area contributed by atoms with Crippen molar-refractivity contribution in [1.29, 1.82) is 0 Å². The average Bonchev–Trinajstić information content (AvgIpc) is 2.62. The minimum absolute atomic E-state index is 0.144. The highest BCUT2D eigenvalue weighted by atomic mass is 16.5. The topological polar surface area (TPSA) is 43.4 Å². The minimum Gasteiger partial charge on any atom is -0.461 e. The fourth-order valence-electron chi connectivity index (χ4n) is 2.64. The number of hydrogen-bond acceptors (Lipinski definition) is 3. The molecule has 0 heterocycles. The molecule has 3 rings (SSSR count). The van der Waals surface area contributed by atoms with E-state index in [4.69, 9.17) is 4.74 Å². The highest BCUT2D eigenvalue weighted by molar-refractivity contribution is 6.25. The number of allylic oxidation sites excluding steroid dienone is 3. The van der Waals surface area contributed by atoms with Crippen LogP contribution in [0.2, 0.25) is 0 Å². The molecular weight excluding hydrogens is 300 g/mol. The molecule has 2 aromatic carbocycles. The van der Waals surface area contributed by atoms with Crippen LogP contribution in [0.1, 0.15) is 24.8 Å². The lowest BCUT2D eigenvalue weighted by Gasteiger charge is -2.18. The maximum atomic E-state index is 12.5. The Balaban J connectivity index is 1.86. The van der Waals surface area contributed by atoms with Gasteiger partial charge in [0.25, 0.3) is 0 Å². The van der Waals surface area contributed by atoms with Gasteiger partial charge in [-0.3, -0.25) is 9.59 Å². The standard InChI is InChI=1S/C21H18O3/c22-18-12-7-13-20(24-17-10-5-2-6-11-17)21(18)19(23)15-14-16-8-3-1-4-9-16/h1-6,8-11,14-15H,7,12-13H2. The SMILES string of the molecule is O=C(C=Cc1ccccc1)C1=C(Oc2ccccc2)CCCC1=O. The van der Waals surface area contributed by atoms with Gasteiger partial charge in [0.15, 0.2) is 11.6 Å². The predicted octanol–water partition coefficient (Wildman–Crippen LogP) is 4.36. The second-order valence-corrected chi connectivity index (χ2v) is 5.60. The number of Topliss-reactive ketones (excluding diaryl/α,β-unsaturated/α-hetero) is 1. The first kappa shape index (κ1) is 15.9. The smallest absolute Gasteiger partial charge is 0.192 e. The van der Waals surface area contributed by atoms with Crippen molar-refractivity contribution in [1.82, 2.24) is 0 Å². The third kappa shape index (κ3) is 3.87. The normalized spacial score (nSPS) is 14.9. The summed E-state index contributed by atoms with van der Waals surface area (Å²) in [6.45, 7) is 0. The van der Waals surface area contributed by atoms with E-state index in [2.05, 4.69) is 0 Å². The molecule has 24 heavy (non-hydrogen) atoms.